The molecule has 0 aromatic heterocycles. The second-order valence-electron chi connectivity index (χ2n) is 15.2. The number of carbonyl (C=O) groups excluding carboxylic acids is 2. The number of nitrogens with zero attached hydrogens (tertiary/aromatic N) is 1. The minimum atomic E-state index is -4.42. The topological polar surface area (TPSA) is 129 Å². The monoisotopic (exact) mass is 845 g/mol. The number of phosphoric ester groups is 1. The summed E-state index contributed by atoms with van der Waals surface area (Å²) in [6.07, 6.45) is 49.0. The van der Waals surface area contributed by atoms with Crippen molar-refractivity contribution in [3.63, 3.8) is 0 Å². The molecule has 2 unspecified atom stereocenters. The van der Waals surface area contributed by atoms with Gasteiger partial charge in [-0.25, -0.2) is 4.57 Å². The van der Waals surface area contributed by atoms with E-state index in [2.05, 4.69) is 68.5 Å². The Bertz CT molecular complexity index is 1380. The highest BCUT2D eigenvalue weighted by Gasteiger charge is 2.27. The molecule has 0 saturated carbocycles. The van der Waals surface area contributed by atoms with Crippen molar-refractivity contribution in [1.82, 2.24) is 0 Å². The smallest absolute Gasteiger partial charge is 0.462 e. The number of esters is 2. The van der Waals surface area contributed by atoms with Crippen LogP contribution in [-0.4, -0.2) is 86.1 Å². The van der Waals surface area contributed by atoms with Gasteiger partial charge in [0.2, 0.25) is 0 Å². The van der Waals surface area contributed by atoms with Crippen molar-refractivity contribution in [1.29, 1.82) is 0 Å². The van der Waals surface area contributed by atoms with Crippen LogP contribution in [0.2, 0.25) is 0 Å². The third-order valence-corrected chi connectivity index (χ3v) is 9.38. The number of hydrogen-bond donors (Lipinski definition) is 2. The maximum atomic E-state index is 12.7. The number of aliphatic hydroxyl groups excluding tert-OH is 1. The zero-order valence-corrected chi connectivity index (χ0v) is 37.9. The number of ether oxygens (including phenoxy) is 2. The molecule has 0 heterocycles. The van der Waals surface area contributed by atoms with E-state index in [1.807, 2.05) is 69.8 Å². The van der Waals surface area contributed by atoms with Gasteiger partial charge in [-0.15, -0.1) is 0 Å². The minimum absolute atomic E-state index is 0.000838. The third-order valence-electron chi connectivity index (χ3n) is 8.39. The summed E-state index contributed by atoms with van der Waals surface area (Å²) >= 11 is 0. The molecule has 3 atom stereocenters. The van der Waals surface area contributed by atoms with Gasteiger partial charge in [0.1, 0.15) is 19.8 Å². The third kappa shape index (κ3) is 42.6. The number of allylic oxidation sites excluding steroid dienone is 16. The number of aliphatic hydroxyl groups is 1. The van der Waals surface area contributed by atoms with Crippen LogP contribution in [0.4, 0.5) is 0 Å². The molecule has 59 heavy (non-hydrogen) atoms. The summed E-state index contributed by atoms with van der Waals surface area (Å²) in [5.41, 5.74) is 0. The lowest BCUT2D eigenvalue weighted by molar-refractivity contribution is -0.870. The molecule has 0 aliphatic heterocycles. The standard InChI is InChI=1S/C48H78NO9P/c1-6-8-10-12-14-15-16-17-18-19-20-24-27-31-35-39-47(51)55-43-46(44-57-59(53,54)56-42-41-49(3,4)5)58-48(52)40-36-32-28-25-22-21-23-26-30-34-38-45(50)37-33-29-13-11-9-7-2/h8-11,14-15,17-18,21-22,26,28-30,32-34,38,45-46,50H,6-7,12-13,16,19-20,23-25,27,31,35-37,39-44H2,1-5H3/p+1/b10-8-,11-9-,15-14-,18-17-,22-21-,30-26-,32-28-,33-29-,38-34+/t45?,46-/m1/s1. The number of likely N-dealkylation sites (N-methyl/N-ethyl adjacent to an activating group) is 1. The lowest BCUT2D eigenvalue weighted by Crippen LogP contribution is -2.37. The van der Waals surface area contributed by atoms with Gasteiger partial charge in [0, 0.05) is 12.8 Å². The largest absolute Gasteiger partial charge is 0.472 e. The summed E-state index contributed by atoms with van der Waals surface area (Å²) in [5.74, 6) is -0.960. The number of quaternary nitrogens is 1. The fourth-order valence-corrected chi connectivity index (χ4v) is 5.76. The van der Waals surface area contributed by atoms with Crippen LogP contribution >= 0.6 is 7.82 Å². The molecular formula is C48H79NO9P+. The quantitative estimate of drug-likeness (QED) is 0.0157. The Labute approximate surface area is 358 Å². The van der Waals surface area contributed by atoms with Crippen LogP contribution in [0.1, 0.15) is 123 Å². The first kappa shape index (κ1) is 55.6. The van der Waals surface area contributed by atoms with Crippen molar-refractivity contribution in [2.24, 2.45) is 0 Å². The molecule has 0 spiro atoms. The normalized spacial score (nSPS) is 15.2. The van der Waals surface area contributed by atoms with Gasteiger partial charge in [-0.2, -0.15) is 0 Å². The first-order valence-electron chi connectivity index (χ1n) is 21.7. The molecule has 0 aliphatic carbocycles. The van der Waals surface area contributed by atoms with Gasteiger partial charge in [0.05, 0.1) is 33.9 Å². The van der Waals surface area contributed by atoms with Crippen molar-refractivity contribution in [2.45, 2.75) is 135 Å². The number of hydrogen-bond acceptors (Lipinski definition) is 8. The van der Waals surface area contributed by atoms with Crippen molar-refractivity contribution < 1.29 is 47.2 Å². The average Bonchev–Trinajstić information content (AvgIpc) is 3.18. The summed E-state index contributed by atoms with van der Waals surface area (Å²) < 4.78 is 34.1. The zero-order valence-electron chi connectivity index (χ0n) is 37.0. The molecule has 0 saturated heterocycles. The maximum absolute atomic E-state index is 12.7. The Kier molecular flexibility index (Phi) is 36.6. The number of unbranched alkanes of at least 4 members (excludes halogenated alkanes) is 5. The number of phosphoric acid groups is 1. The number of carbonyl (C=O) groups is 2. The van der Waals surface area contributed by atoms with Gasteiger partial charge in [-0.3, -0.25) is 18.6 Å². The zero-order chi connectivity index (χ0) is 43.7. The van der Waals surface area contributed by atoms with Crippen molar-refractivity contribution in [2.75, 3.05) is 47.5 Å². The predicted octanol–water partition coefficient (Wildman–Crippen LogP) is 11.3. The van der Waals surface area contributed by atoms with E-state index < -0.39 is 38.6 Å². The molecule has 0 fully saturated rings. The summed E-state index contributed by atoms with van der Waals surface area (Å²) in [4.78, 5) is 35.3. The molecule has 0 radical (unpaired) electrons. The predicted molar refractivity (Wildman–Crippen MR) is 244 cm³/mol. The van der Waals surface area contributed by atoms with Crippen LogP contribution < -0.4 is 0 Å². The Balaban J connectivity index is 4.61. The van der Waals surface area contributed by atoms with E-state index in [0.717, 1.165) is 70.6 Å². The van der Waals surface area contributed by atoms with Crippen LogP contribution in [0, 0.1) is 0 Å². The van der Waals surface area contributed by atoms with E-state index in [0.29, 0.717) is 36.7 Å². The molecule has 0 rings (SSSR count). The highest BCUT2D eigenvalue weighted by atomic mass is 31.2. The Hall–Kier alpha value is -3.37. The fraction of sp³-hybridized carbons (Fsp3) is 0.583. The van der Waals surface area contributed by atoms with Crippen LogP contribution in [0.25, 0.3) is 0 Å². The summed E-state index contributed by atoms with van der Waals surface area (Å²) in [6.45, 7) is 3.97. The van der Waals surface area contributed by atoms with Crippen LogP contribution in [-0.2, 0) is 32.7 Å². The van der Waals surface area contributed by atoms with E-state index in [4.69, 9.17) is 18.5 Å². The fourth-order valence-electron chi connectivity index (χ4n) is 5.02. The minimum Gasteiger partial charge on any atom is -0.462 e. The summed E-state index contributed by atoms with van der Waals surface area (Å²) in [5, 5.41) is 10.0. The van der Waals surface area contributed by atoms with E-state index in [1.54, 1.807) is 6.08 Å². The van der Waals surface area contributed by atoms with E-state index in [1.165, 1.54) is 0 Å². The number of rotatable bonds is 37. The van der Waals surface area contributed by atoms with Gasteiger partial charge in [0.15, 0.2) is 6.10 Å². The molecule has 11 heteroatoms. The highest BCUT2D eigenvalue weighted by molar-refractivity contribution is 7.47. The van der Waals surface area contributed by atoms with Crippen molar-refractivity contribution in [3.05, 3.63) is 109 Å². The average molecular weight is 845 g/mol. The molecule has 0 bridgehead atoms. The maximum Gasteiger partial charge on any atom is 0.472 e. The van der Waals surface area contributed by atoms with Gasteiger partial charge in [-0.1, -0.05) is 142 Å². The molecule has 0 aliphatic rings. The Morgan fingerprint density at radius 1 is 0.610 bits per heavy atom. The Morgan fingerprint density at radius 3 is 1.78 bits per heavy atom. The molecule has 0 aromatic carbocycles. The first-order chi connectivity index (χ1) is 28.4. The van der Waals surface area contributed by atoms with Gasteiger partial charge in [-0.05, 0) is 77.0 Å². The summed E-state index contributed by atoms with van der Waals surface area (Å²) in [7, 11) is 1.37. The molecule has 10 nitrogen and oxygen atoms in total. The van der Waals surface area contributed by atoms with E-state index >= 15 is 0 Å². The van der Waals surface area contributed by atoms with E-state index in [9.17, 15) is 24.2 Å². The molecule has 2 N–H and O–H groups in total. The van der Waals surface area contributed by atoms with E-state index in [-0.39, 0.29) is 26.1 Å². The highest BCUT2D eigenvalue weighted by Crippen LogP contribution is 2.43. The van der Waals surface area contributed by atoms with Gasteiger partial charge in [0.25, 0.3) is 0 Å². The van der Waals surface area contributed by atoms with Crippen molar-refractivity contribution >= 4 is 19.8 Å². The summed E-state index contributed by atoms with van der Waals surface area (Å²) in [6, 6.07) is 0. The van der Waals surface area contributed by atoms with Gasteiger partial charge < -0.3 is 24.0 Å². The van der Waals surface area contributed by atoms with Crippen LogP contribution in [0.5, 0.6) is 0 Å². The molecule has 334 valence electrons. The lowest BCUT2D eigenvalue weighted by Gasteiger charge is -2.24. The van der Waals surface area contributed by atoms with Crippen molar-refractivity contribution in [3.8, 4) is 0 Å². The van der Waals surface area contributed by atoms with Gasteiger partial charge >= 0.3 is 19.8 Å². The molecule has 0 aromatic rings. The van der Waals surface area contributed by atoms with Crippen LogP contribution in [0.3, 0.4) is 0 Å². The molecular weight excluding hydrogens is 765 g/mol. The second-order valence-corrected chi connectivity index (χ2v) is 16.6. The lowest BCUT2D eigenvalue weighted by atomic mass is 10.1. The first-order valence-corrected chi connectivity index (χ1v) is 23.2. The second kappa shape index (κ2) is 38.8. The Morgan fingerprint density at radius 2 is 1.15 bits per heavy atom. The van der Waals surface area contributed by atoms with Crippen LogP contribution in [0.15, 0.2) is 109 Å². The molecule has 0 amide bonds. The SMILES string of the molecule is CC/C=C\C/C=C\C/C=C\CCCCCCCC(=O)OC[C@H](COP(=O)(O)OCC[N+](C)(C)C)OC(=O)CC/C=C\C/C=C\C/C=C\C=C\C(O)C/C=C\C/C=C\CC.